The number of hydrogen-bond donors (Lipinski definition) is 1. The van der Waals surface area contributed by atoms with E-state index in [4.69, 9.17) is 51.8 Å². The molecule has 1 heterocycles. The number of sulfonamides is 1. The zero-order valence-corrected chi connectivity index (χ0v) is 20.6. The van der Waals surface area contributed by atoms with E-state index >= 15 is 0 Å². The average molecular weight is 534 g/mol. The molecule has 1 saturated heterocycles. The average Bonchev–Trinajstić information content (AvgIpc) is 2.77. The van der Waals surface area contributed by atoms with Gasteiger partial charge in [0.1, 0.15) is 16.4 Å². The number of ether oxygens (including phenoxy) is 1. The lowest BCUT2D eigenvalue weighted by Crippen LogP contribution is -2.53. The van der Waals surface area contributed by atoms with Crippen LogP contribution in [0.5, 0.6) is 11.5 Å². The van der Waals surface area contributed by atoms with E-state index in [0.29, 0.717) is 40.7 Å². The summed E-state index contributed by atoms with van der Waals surface area (Å²) < 4.78 is 34.1. The lowest BCUT2D eigenvalue weighted by atomic mass is 10.2. The molecule has 0 saturated carbocycles. The smallest absolute Gasteiger partial charge is 0.246 e. The van der Waals surface area contributed by atoms with Crippen LogP contribution in [0.25, 0.3) is 0 Å². The summed E-state index contributed by atoms with van der Waals surface area (Å²) in [6, 6.07) is 10.8. The molecule has 1 aliphatic heterocycles. The van der Waals surface area contributed by atoms with Gasteiger partial charge in [-0.25, -0.2) is 8.42 Å². The Morgan fingerprint density at radius 1 is 1.12 bits per heavy atom. The fourth-order valence-corrected chi connectivity index (χ4v) is 5.56. The number of nitriles is 1. The van der Waals surface area contributed by atoms with E-state index in [1.165, 1.54) is 34.6 Å². The van der Waals surface area contributed by atoms with Crippen molar-refractivity contribution >= 4 is 62.2 Å². The van der Waals surface area contributed by atoms with Gasteiger partial charge < -0.3 is 15.0 Å². The Kier molecular flexibility index (Phi) is 8.44. The van der Waals surface area contributed by atoms with Crippen LogP contribution in [0.1, 0.15) is 5.56 Å². The topological polar surface area (TPSA) is 85.7 Å². The van der Waals surface area contributed by atoms with E-state index in [1.54, 1.807) is 6.07 Å². The normalized spacial score (nSPS) is 14.6. The maximum atomic E-state index is 13.4. The van der Waals surface area contributed by atoms with E-state index in [-0.39, 0.29) is 35.0 Å². The summed E-state index contributed by atoms with van der Waals surface area (Å²) in [6.07, 6.45) is 0. The number of nitrogens with one attached hydrogen (secondary N) is 1. The standard InChI is InChI=1S/C20H19Cl3N4O3S2/c21-3-4-25-20(31)26-5-7-27(8-6-26)32(28,29)19-9-14(13-24)1-2-18(19)30-17-11-15(22)10-16(23)12-17/h1-2,9-12H,3-8H2,(H,25,31). The minimum Gasteiger partial charge on any atom is -0.456 e. The summed E-state index contributed by atoms with van der Waals surface area (Å²) in [7, 11) is -3.95. The zero-order chi connectivity index (χ0) is 23.3. The summed E-state index contributed by atoms with van der Waals surface area (Å²) in [6.45, 7) is 1.83. The van der Waals surface area contributed by atoms with Crippen LogP contribution >= 0.6 is 47.0 Å². The number of hydrogen-bond acceptors (Lipinski definition) is 5. The molecule has 7 nitrogen and oxygen atoms in total. The lowest BCUT2D eigenvalue weighted by Gasteiger charge is -2.35. The highest BCUT2D eigenvalue weighted by molar-refractivity contribution is 7.89. The Balaban J connectivity index is 1.85. The van der Waals surface area contributed by atoms with Crippen molar-refractivity contribution in [1.82, 2.24) is 14.5 Å². The quantitative estimate of drug-likeness (QED) is 0.442. The first-order valence-corrected chi connectivity index (χ1v) is 12.7. The van der Waals surface area contributed by atoms with E-state index < -0.39 is 10.0 Å². The molecule has 1 aliphatic rings. The van der Waals surface area contributed by atoms with Gasteiger partial charge in [-0.15, -0.1) is 11.6 Å². The monoisotopic (exact) mass is 532 g/mol. The van der Waals surface area contributed by atoms with Crippen LogP contribution < -0.4 is 10.1 Å². The third-order valence-corrected chi connectivity index (χ3v) is 7.60. The molecule has 0 spiro atoms. The number of thiocarbonyl (C=S) groups is 1. The van der Waals surface area contributed by atoms with Crippen LogP contribution in [-0.2, 0) is 10.0 Å². The first kappa shape index (κ1) is 24.8. The Morgan fingerprint density at radius 2 is 1.78 bits per heavy atom. The summed E-state index contributed by atoms with van der Waals surface area (Å²) in [5, 5.41) is 13.5. The van der Waals surface area contributed by atoms with Crippen molar-refractivity contribution in [1.29, 1.82) is 5.26 Å². The van der Waals surface area contributed by atoms with Gasteiger partial charge in [-0.1, -0.05) is 23.2 Å². The van der Waals surface area contributed by atoms with E-state index in [9.17, 15) is 13.7 Å². The zero-order valence-electron chi connectivity index (χ0n) is 16.7. The Hall–Kier alpha value is -1.80. The Bertz CT molecular complexity index is 1130. The number of benzene rings is 2. The van der Waals surface area contributed by atoms with Crippen LogP contribution in [0.2, 0.25) is 10.0 Å². The number of halogens is 3. The number of nitrogens with zero attached hydrogens (tertiary/aromatic N) is 3. The minimum atomic E-state index is -3.95. The van der Waals surface area contributed by atoms with Gasteiger partial charge in [0.15, 0.2) is 5.11 Å². The molecule has 1 fully saturated rings. The number of piperazine rings is 1. The summed E-state index contributed by atoms with van der Waals surface area (Å²) in [5.41, 5.74) is 0.199. The van der Waals surface area contributed by atoms with E-state index in [2.05, 4.69) is 5.32 Å². The molecule has 32 heavy (non-hydrogen) atoms. The number of rotatable bonds is 6. The van der Waals surface area contributed by atoms with Crippen molar-refractivity contribution < 1.29 is 13.2 Å². The van der Waals surface area contributed by atoms with Gasteiger partial charge in [-0.2, -0.15) is 9.57 Å². The van der Waals surface area contributed by atoms with Crippen LogP contribution in [0.4, 0.5) is 0 Å². The molecular weight excluding hydrogens is 515 g/mol. The van der Waals surface area contributed by atoms with Crippen molar-refractivity contribution in [2.24, 2.45) is 0 Å². The molecule has 0 unspecified atom stereocenters. The van der Waals surface area contributed by atoms with E-state index in [0.717, 1.165) is 0 Å². The van der Waals surface area contributed by atoms with Crippen molar-refractivity contribution in [3.8, 4) is 17.6 Å². The third-order valence-electron chi connectivity index (χ3n) is 4.65. The molecule has 0 aromatic heterocycles. The third kappa shape index (κ3) is 5.95. The molecular formula is C20H19Cl3N4O3S2. The fraction of sp³-hybridized carbons (Fsp3) is 0.300. The van der Waals surface area contributed by atoms with E-state index in [1.807, 2.05) is 11.0 Å². The van der Waals surface area contributed by atoms with Gasteiger partial charge in [0.2, 0.25) is 10.0 Å². The highest BCUT2D eigenvalue weighted by atomic mass is 35.5. The lowest BCUT2D eigenvalue weighted by molar-refractivity contribution is 0.264. The van der Waals surface area contributed by atoms with Gasteiger partial charge >= 0.3 is 0 Å². The molecule has 0 bridgehead atoms. The molecule has 0 atom stereocenters. The van der Waals surface area contributed by atoms with Crippen LogP contribution in [0, 0.1) is 11.3 Å². The van der Waals surface area contributed by atoms with Crippen LogP contribution in [0.3, 0.4) is 0 Å². The van der Waals surface area contributed by atoms with Crippen molar-refractivity contribution in [3.63, 3.8) is 0 Å². The van der Waals surface area contributed by atoms with Crippen molar-refractivity contribution in [3.05, 3.63) is 52.0 Å². The molecule has 170 valence electrons. The second-order valence-electron chi connectivity index (χ2n) is 6.79. The first-order valence-electron chi connectivity index (χ1n) is 9.51. The highest BCUT2D eigenvalue weighted by Gasteiger charge is 2.32. The molecule has 3 rings (SSSR count). The van der Waals surface area contributed by atoms with Crippen LogP contribution in [-0.4, -0.2) is 61.3 Å². The molecule has 0 amide bonds. The van der Waals surface area contributed by atoms with Crippen molar-refractivity contribution in [2.75, 3.05) is 38.6 Å². The minimum absolute atomic E-state index is 0.0732. The second kappa shape index (κ2) is 10.9. The summed E-state index contributed by atoms with van der Waals surface area (Å²) in [4.78, 5) is 1.79. The Morgan fingerprint density at radius 3 is 2.38 bits per heavy atom. The highest BCUT2D eigenvalue weighted by Crippen LogP contribution is 2.34. The van der Waals surface area contributed by atoms with Gasteiger partial charge in [0.05, 0.1) is 11.6 Å². The second-order valence-corrected chi connectivity index (χ2v) is 10.3. The predicted octanol–water partition coefficient (Wildman–Crippen LogP) is 4.08. The predicted molar refractivity (Wildman–Crippen MR) is 129 cm³/mol. The molecule has 2 aromatic carbocycles. The maximum Gasteiger partial charge on any atom is 0.246 e. The molecule has 12 heteroatoms. The molecule has 1 N–H and O–H groups in total. The maximum absolute atomic E-state index is 13.4. The largest absolute Gasteiger partial charge is 0.456 e. The number of alkyl halides is 1. The Labute approximate surface area is 207 Å². The SMILES string of the molecule is N#Cc1ccc(Oc2cc(Cl)cc(Cl)c2)c(S(=O)(=O)N2CCN(C(=S)NCCCl)CC2)c1. The summed E-state index contributed by atoms with van der Waals surface area (Å²) >= 11 is 23.0. The summed E-state index contributed by atoms with van der Waals surface area (Å²) in [5.74, 6) is 0.776. The van der Waals surface area contributed by atoms with Gasteiger partial charge in [0, 0.05) is 48.6 Å². The first-order chi connectivity index (χ1) is 15.2. The molecule has 0 radical (unpaired) electrons. The van der Waals surface area contributed by atoms with Gasteiger partial charge in [-0.05, 0) is 48.6 Å². The van der Waals surface area contributed by atoms with Crippen LogP contribution in [0.15, 0.2) is 41.3 Å². The van der Waals surface area contributed by atoms with Crippen molar-refractivity contribution in [2.45, 2.75) is 4.90 Å². The van der Waals surface area contributed by atoms with Gasteiger partial charge in [0.25, 0.3) is 0 Å². The van der Waals surface area contributed by atoms with Gasteiger partial charge in [-0.3, -0.25) is 0 Å². The fourth-order valence-electron chi connectivity index (χ4n) is 3.11. The molecule has 2 aromatic rings. The molecule has 0 aliphatic carbocycles.